The highest BCUT2D eigenvalue weighted by molar-refractivity contribution is 7.16. The summed E-state index contributed by atoms with van der Waals surface area (Å²) in [5.41, 5.74) is -1.25. The van der Waals surface area contributed by atoms with Gasteiger partial charge in [-0.15, -0.1) is 11.3 Å². The van der Waals surface area contributed by atoms with Crippen molar-refractivity contribution in [2.75, 3.05) is 19.6 Å². The van der Waals surface area contributed by atoms with Gasteiger partial charge in [-0.2, -0.15) is 0 Å². The van der Waals surface area contributed by atoms with Gasteiger partial charge in [-0.05, 0) is 30.4 Å². The average molecular weight is 345 g/mol. The fraction of sp³-hybridized carbons (Fsp3) is 0.688. The van der Waals surface area contributed by atoms with Crippen LogP contribution in [-0.4, -0.2) is 41.1 Å². The predicted octanol–water partition coefficient (Wildman–Crippen LogP) is 2.89. The van der Waals surface area contributed by atoms with Gasteiger partial charge in [-0.25, -0.2) is 0 Å². The van der Waals surface area contributed by atoms with Crippen LogP contribution in [0.3, 0.4) is 0 Å². The normalized spacial score (nSPS) is 23.1. The standard InChI is InChI=1S/C16H25ClN2O2S/c1-15(2,3)11-19-8-4-7-16(21,14(19)20)10-18-9-12-5-6-13(17)22-12/h5-6,18,21H,4,7-11H2,1-3H3. The summed E-state index contributed by atoms with van der Waals surface area (Å²) in [7, 11) is 0. The molecule has 0 aromatic carbocycles. The topological polar surface area (TPSA) is 52.6 Å². The van der Waals surface area contributed by atoms with E-state index in [-0.39, 0.29) is 17.9 Å². The number of carbonyl (C=O) groups excluding carboxylic acids is 1. The number of halogens is 1. The van der Waals surface area contributed by atoms with Crippen molar-refractivity contribution in [1.82, 2.24) is 10.2 Å². The number of hydrogen-bond donors (Lipinski definition) is 2. The van der Waals surface area contributed by atoms with Gasteiger partial charge in [-0.1, -0.05) is 32.4 Å². The molecule has 0 aliphatic carbocycles. The van der Waals surface area contributed by atoms with E-state index in [2.05, 4.69) is 26.1 Å². The number of likely N-dealkylation sites (tertiary alicyclic amines) is 1. The zero-order valence-electron chi connectivity index (χ0n) is 13.5. The van der Waals surface area contributed by atoms with Gasteiger partial charge in [-0.3, -0.25) is 4.79 Å². The van der Waals surface area contributed by atoms with Crippen LogP contribution in [0.2, 0.25) is 4.34 Å². The van der Waals surface area contributed by atoms with Crippen LogP contribution in [0.15, 0.2) is 12.1 Å². The van der Waals surface area contributed by atoms with Crippen LogP contribution in [0.4, 0.5) is 0 Å². The Bertz CT molecular complexity index is 526. The van der Waals surface area contributed by atoms with Crippen molar-refractivity contribution < 1.29 is 9.90 Å². The Kier molecular flexibility index (Phi) is 5.54. The van der Waals surface area contributed by atoms with Crippen molar-refractivity contribution in [3.63, 3.8) is 0 Å². The molecule has 0 spiro atoms. The van der Waals surface area contributed by atoms with E-state index in [1.54, 1.807) is 4.90 Å². The number of carbonyl (C=O) groups is 1. The van der Waals surface area contributed by atoms with Crippen molar-refractivity contribution in [1.29, 1.82) is 0 Å². The Morgan fingerprint density at radius 3 is 2.77 bits per heavy atom. The third-order valence-corrected chi connectivity index (χ3v) is 4.95. The van der Waals surface area contributed by atoms with Crippen molar-refractivity contribution in [3.05, 3.63) is 21.3 Å². The smallest absolute Gasteiger partial charge is 0.255 e. The summed E-state index contributed by atoms with van der Waals surface area (Å²) in [6.07, 6.45) is 1.36. The molecule has 1 saturated heterocycles. The van der Waals surface area contributed by atoms with E-state index >= 15 is 0 Å². The number of nitrogens with one attached hydrogen (secondary N) is 1. The first-order valence-corrected chi connectivity index (χ1v) is 8.86. The molecular formula is C16H25ClN2O2S. The summed E-state index contributed by atoms with van der Waals surface area (Å²) in [5, 5.41) is 13.9. The molecule has 1 amide bonds. The molecule has 1 atom stereocenters. The Hall–Kier alpha value is -0.620. The largest absolute Gasteiger partial charge is 0.379 e. The van der Waals surface area contributed by atoms with Crippen molar-refractivity contribution in [2.45, 2.75) is 45.8 Å². The molecule has 4 nitrogen and oxygen atoms in total. The molecular weight excluding hydrogens is 320 g/mol. The highest BCUT2D eigenvalue weighted by Crippen LogP contribution is 2.26. The van der Waals surface area contributed by atoms with Gasteiger partial charge >= 0.3 is 0 Å². The highest BCUT2D eigenvalue weighted by Gasteiger charge is 2.42. The lowest BCUT2D eigenvalue weighted by molar-refractivity contribution is -0.158. The van der Waals surface area contributed by atoms with Gasteiger partial charge in [0.1, 0.15) is 0 Å². The van der Waals surface area contributed by atoms with E-state index < -0.39 is 5.60 Å². The zero-order chi connectivity index (χ0) is 16.4. The van der Waals surface area contributed by atoms with Crippen LogP contribution >= 0.6 is 22.9 Å². The Morgan fingerprint density at radius 1 is 1.45 bits per heavy atom. The molecule has 1 aliphatic heterocycles. The summed E-state index contributed by atoms with van der Waals surface area (Å²) < 4.78 is 0.751. The molecule has 22 heavy (non-hydrogen) atoms. The fourth-order valence-electron chi connectivity index (χ4n) is 2.79. The second-order valence-corrected chi connectivity index (χ2v) is 9.03. The number of piperidine rings is 1. The minimum absolute atomic E-state index is 0.0368. The van der Waals surface area contributed by atoms with Crippen molar-refractivity contribution >= 4 is 28.8 Å². The molecule has 0 saturated carbocycles. The number of thiophene rings is 1. The summed E-state index contributed by atoms with van der Waals surface area (Å²) in [6, 6.07) is 3.81. The van der Waals surface area contributed by atoms with Gasteiger partial charge in [0, 0.05) is 31.1 Å². The molecule has 2 rings (SSSR count). The monoisotopic (exact) mass is 344 g/mol. The molecule has 0 radical (unpaired) electrons. The van der Waals surface area contributed by atoms with Gasteiger partial charge in [0.05, 0.1) is 4.34 Å². The van der Waals surface area contributed by atoms with Crippen LogP contribution in [0.5, 0.6) is 0 Å². The van der Waals surface area contributed by atoms with Gasteiger partial charge in [0.25, 0.3) is 5.91 Å². The number of nitrogens with zero attached hydrogens (tertiary/aromatic N) is 1. The predicted molar refractivity (Wildman–Crippen MR) is 91.3 cm³/mol. The molecule has 124 valence electrons. The highest BCUT2D eigenvalue weighted by atomic mass is 35.5. The number of hydrogen-bond acceptors (Lipinski definition) is 4. The first-order chi connectivity index (χ1) is 10.2. The van der Waals surface area contributed by atoms with E-state index in [1.165, 1.54) is 11.3 Å². The summed E-state index contributed by atoms with van der Waals surface area (Å²) in [5.74, 6) is -0.148. The molecule has 1 aromatic rings. The number of aliphatic hydroxyl groups is 1. The van der Waals surface area contributed by atoms with Crippen LogP contribution in [0, 0.1) is 5.41 Å². The Balaban J connectivity index is 1.91. The minimum Gasteiger partial charge on any atom is -0.379 e. The number of rotatable bonds is 5. The van der Waals surface area contributed by atoms with Crippen LogP contribution in [0.25, 0.3) is 0 Å². The van der Waals surface area contributed by atoms with E-state index in [9.17, 15) is 9.90 Å². The van der Waals surface area contributed by atoms with Gasteiger partial charge in [0.2, 0.25) is 0 Å². The van der Waals surface area contributed by atoms with E-state index in [4.69, 9.17) is 11.6 Å². The molecule has 6 heteroatoms. The van der Waals surface area contributed by atoms with E-state index in [1.807, 2.05) is 12.1 Å². The molecule has 1 unspecified atom stereocenters. The molecule has 2 N–H and O–H groups in total. The maximum absolute atomic E-state index is 12.6. The summed E-state index contributed by atoms with van der Waals surface area (Å²) >= 11 is 7.41. The Morgan fingerprint density at radius 2 is 2.18 bits per heavy atom. The molecule has 0 bridgehead atoms. The minimum atomic E-state index is -1.29. The van der Waals surface area contributed by atoms with Gasteiger partial charge < -0.3 is 15.3 Å². The van der Waals surface area contributed by atoms with E-state index in [0.29, 0.717) is 19.5 Å². The summed E-state index contributed by atoms with van der Waals surface area (Å²) in [4.78, 5) is 15.5. The summed E-state index contributed by atoms with van der Waals surface area (Å²) in [6.45, 7) is 8.62. The SMILES string of the molecule is CC(C)(C)CN1CCCC(O)(CNCc2ccc(Cl)s2)C1=O. The molecule has 2 heterocycles. The molecule has 1 fully saturated rings. The van der Waals surface area contributed by atoms with Crippen LogP contribution < -0.4 is 5.32 Å². The first-order valence-electron chi connectivity index (χ1n) is 7.66. The maximum atomic E-state index is 12.6. The first kappa shape index (κ1) is 17.7. The third kappa shape index (κ3) is 4.69. The molecule has 1 aromatic heterocycles. The second kappa shape index (κ2) is 6.87. The number of amides is 1. The Labute approximate surface area is 141 Å². The van der Waals surface area contributed by atoms with Crippen molar-refractivity contribution in [2.24, 2.45) is 5.41 Å². The second-order valence-electron chi connectivity index (χ2n) is 7.23. The third-order valence-electron chi connectivity index (χ3n) is 3.71. The lowest BCUT2D eigenvalue weighted by Crippen LogP contribution is -2.59. The van der Waals surface area contributed by atoms with Gasteiger partial charge in [0.15, 0.2) is 5.60 Å². The van der Waals surface area contributed by atoms with E-state index in [0.717, 1.165) is 22.2 Å². The fourth-order valence-corrected chi connectivity index (χ4v) is 3.85. The lowest BCUT2D eigenvalue weighted by atomic mass is 9.88. The zero-order valence-corrected chi connectivity index (χ0v) is 15.1. The van der Waals surface area contributed by atoms with Crippen LogP contribution in [-0.2, 0) is 11.3 Å². The maximum Gasteiger partial charge on any atom is 0.255 e. The quantitative estimate of drug-likeness (QED) is 0.863. The lowest BCUT2D eigenvalue weighted by Gasteiger charge is -2.40. The van der Waals surface area contributed by atoms with Crippen molar-refractivity contribution in [3.8, 4) is 0 Å². The van der Waals surface area contributed by atoms with Crippen LogP contribution in [0.1, 0.15) is 38.5 Å². The average Bonchev–Trinajstić information content (AvgIpc) is 2.80. The molecule has 1 aliphatic rings.